The molecule has 578 valence electrons. The lowest BCUT2D eigenvalue weighted by molar-refractivity contribution is -0.387. The van der Waals surface area contributed by atoms with E-state index in [1.165, 1.54) is 49.2 Å². The molecular weight excluding hydrogens is 1390 g/mol. The van der Waals surface area contributed by atoms with E-state index in [9.17, 15) is 47.3 Å². The monoisotopic (exact) mass is 1490 g/mol. The molecule has 0 amide bonds. The predicted molar refractivity (Wildman–Crippen MR) is 401 cm³/mol. The summed E-state index contributed by atoms with van der Waals surface area (Å²) in [6.45, 7) is 22.6. The van der Waals surface area contributed by atoms with E-state index in [1.807, 2.05) is 135 Å². The third kappa shape index (κ3) is 30.6. The Labute approximate surface area is 623 Å². The van der Waals surface area contributed by atoms with Gasteiger partial charge in [0, 0.05) is 124 Å². The number of ether oxygens (including phenoxy) is 8. The topological polar surface area (TPSA) is 240 Å². The van der Waals surface area contributed by atoms with Gasteiger partial charge < -0.3 is 53.8 Å². The number of aliphatic hydroxyl groups excluding tert-OH is 1. The lowest BCUT2D eigenvalue weighted by Crippen LogP contribution is -2.37. The molecule has 21 nitrogen and oxygen atoms in total. The molecule has 8 aromatic carbocycles. The fourth-order valence-corrected chi connectivity index (χ4v) is 12.2. The first-order chi connectivity index (χ1) is 51.4. The number of rotatable bonds is 24. The average Bonchev–Trinajstić information content (AvgIpc) is 1.75. The molecule has 4 atom stereocenters. The summed E-state index contributed by atoms with van der Waals surface area (Å²) in [6, 6.07) is 55.0. The number of nitro benzene ring substituents is 2. The zero-order valence-electron chi connectivity index (χ0n) is 61.5. The van der Waals surface area contributed by atoms with Crippen molar-refractivity contribution in [3.05, 3.63) is 250 Å². The number of benzene rings is 8. The molecule has 5 heterocycles. The Morgan fingerprint density at radius 2 is 0.757 bits per heavy atom. The molecule has 5 aliphatic rings. The van der Waals surface area contributed by atoms with Crippen molar-refractivity contribution in [1.29, 1.82) is 0 Å². The highest BCUT2D eigenvalue weighted by molar-refractivity contribution is 5.52. The highest BCUT2D eigenvalue weighted by atomic mass is 19.1. The lowest BCUT2D eigenvalue weighted by Gasteiger charge is -2.27. The summed E-state index contributed by atoms with van der Waals surface area (Å²) >= 11 is 0. The van der Waals surface area contributed by atoms with Gasteiger partial charge in [-0.15, -0.1) is 0 Å². The maximum atomic E-state index is 13.3. The molecule has 0 radical (unpaired) electrons. The van der Waals surface area contributed by atoms with Crippen molar-refractivity contribution >= 4 is 17.1 Å². The molecule has 107 heavy (non-hydrogen) atoms. The molecule has 0 aromatic heterocycles. The quantitative estimate of drug-likeness (QED) is 0.0220. The molecule has 5 aliphatic heterocycles. The summed E-state index contributed by atoms with van der Waals surface area (Å²) in [6.07, 6.45) is 6.00. The molecule has 13 rings (SSSR count). The molecule has 8 aromatic rings. The predicted octanol–water partition coefficient (Wildman–Crippen LogP) is 14.5. The van der Waals surface area contributed by atoms with Gasteiger partial charge in [0.1, 0.15) is 101 Å². The summed E-state index contributed by atoms with van der Waals surface area (Å²) in [4.78, 5) is 28.6. The van der Waals surface area contributed by atoms with Crippen LogP contribution >= 0.6 is 0 Å². The maximum absolute atomic E-state index is 13.3. The third-order valence-electron chi connectivity index (χ3n) is 17.7. The van der Waals surface area contributed by atoms with E-state index in [0.717, 1.165) is 159 Å². The van der Waals surface area contributed by atoms with E-state index < -0.39 is 44.2 Å². The molecule has 0 aliphatic carbocycles. The second-order valence-electron chi connectivity index (χ2n) is 27.1. The Balaban J connectivity index is 0.000000186. The number of halogens is 5. The van der Waals surface area contributed by atoms with E-state index in [0.29, 0.717) is 56.5 Å². The van der Waals surface area contributed by atoms with Gasteiger partial charge in [-0.1, -0.05) is 72.8 Å². The van der Waals surface area contributed by atoms with Crippen LogP contribution in [0.25, 0.3) is 0 Å². The van der Waals surface area contributed by atoms with Gasteiger partial charge in [-0.2, -0.15) is 4.39 Å². The summed E-state index contributed by atoms with van der Waals surface area (Å²) in [5, 5.41) is 37.9. The Morgan fingerprint density at radius 3 is 1.11 bits per heavy atom. The smallest absolute Gasteiger partial charge is 0.313 e. The van der Waals surface area contributed by atoms with Crippen LogP contribution in [0.3, 0.4) is 0 Å². The summed E-state index contributed by atoms with van der Waals surface area (Å²) < 4.78 is 110. The van der Waals surface area contributed by atoms with Crippen LogP contribution in [0.4, 0.5) is 39.0 Å². The minimum atomic E-state index is -1.03. The van der Waals surface area contributed by atoms with Crippen LogP contribution in [0.1, 0.15) is 66.2 Å². The van der Waals surface area contributed by atoms with E-state index in [4.69, 9.17) is 48.7 Å². The van der Waals surface area contributed by atoms with Gasteiger partial charge in [0.2, 0.25) is 5.82 Å². The molecule has 4 unspecified atom stereocenters. The fraction of sp³-hybridized carbons (Fsp3) is 0.407. The van der Waals surface area contributed by atoms with Gasteiger partial charge in [0.25, 0.3) is 0 Å². The van der Waals surface area contributed by atoms with Crippen molar-refractivity contribution in [2.24, 2.45) is 0 Å². The SMILES string of the molecule is C1CCOC1.CC1(O)CCN(CCOc2ccccc2)C1.CC1(Oc2ccc(F)cc2)CCN(CCOc2ccccc2)C1.CC1(Oc2ccc(F)cc2N)CCN(CCOc2ccccc2)C1.CC1(Oc2ccc(F)cc2[N+](=O)[O-])CCN(CCOc2ccccc2)C1.CO.O=[N+]([O-])c1cc(F)ccc1F. The first kappa shape index (κ1) is 84.6. The number of anilines is 1. The van der Waals surface area contributed by atoms with Gasteiger partial charge in [0.15, 0.2) is 5.75 Å². The van der Waals surface area contributed by atoms with Crippen LogP contribution in [-0.2, 0) is 4.74 Å². The largest absolute Gasteiger partial charge is 0.492 e. The van der Waals surface area contributed by atoms with Gasteiger partial charge in [0.05, 0.1) is 33.3 Å². The highest BCUT2D eigenvalue weighted by Gasteiger charge is 2.39. The molecule has 5 saturated heterocycles. The minimum absolute atomic E-state index is 0.0984. The van der Waals surface area contributed by atoms with Crippen molar-refractivity contribution in [1.82, 2.24) is 19.6 Å². The van der Waals surface area contributed by atoms with Crippen LogP contribution in [0.2, 0.25) is 0 Å². The molecular formula is C81H100F5N7O14. The van der Waals surface area contributed by atoms with Crippen LogP contribution in [-0.4, -0.2) is 187 Å². The van der Waals surface area contributed by atoms with Crippen LogP contribution < -0.4 is 38.9 Å². The van der Waals surface area contributed by atoms with E-state index >= 15 is 0 Å². The average molecular weight is 1490 g/mol. The van der Waals surface area contributed by atoms with E-state index in [2.05, 4.69) is 33.4 Å². The van der Waals surface area contributed by atoms with Crippen molar-refractivity contribution in [2.45, 2.75) is 88.6 Å². The number of nitrogen functional groups attached to an aromatic ring is 1. The molecule has 5 fully saturated rings. The molecule has 0 bridgehead atoms. The van der Waals surface area contributed by atoms with E-state index in [-0.39, 0.29) is 34.3 Å². The first-order valence-electron chi connectivity index (χ1n) is 35.7. The zero-order valence-corrected chi connectivity index (χ0v) is 61.5. The number of nitrogens with zero attached hydrogens (tertiary/aromatic N) is 6. The highest BCUT2D eigenvalue weighted by Crippen LogP contribution is 2.36. The van der Waals surface area contributed by atoms with Crippen molar-refractivity contribution in [2.75, 3.05) is 131 Å². The summed E-state index contributed by atoms with van der Waals surface area (Å²) in [5.74, 6) is 1.78. The second-order valence-corrected chi connectivity index (χ2v) is 27.1. The van der Waals surface area contributed by atoms with Crippen molar-refractivity contribution < 1.29 is 79.9 Å². The number of hydrogen-bond acceptors (Lipinski definition) is 19. The second kappa shape index (κ2) is 43.2. The Hall–Kier alpha value is -9.67. The number of nitro groups is 2. The molecule has 4 N–H and O–H groups in total. The Morgan fingerprint density at radius 1 is 0.421 bits per heavy atom. The van der Waals surface area contributed by atoms with E-state index in [1.54, 1.807) is 18.2 Å². The lowest BCUT2D eigenvalue weighted by atomic mass is 10.1. The third-order valence-corrected chi connectivity index (χ3v) is 17.7. The van der Waals surface area contributed by atoms with Crippen molar-refractivity contribution in [3.63, 3.8) is 0 Å². The zero-order chi connectivity index (χ0) is 77.1. The van der Waals surface area contributed by atoms with Gasteiger partial charge >= 0.3 is 11.4 Å². The number of para-hydroxylation sites is 4. The Kier molecular flexibility index (Phi) is 34.2. The molecule has 0 saturated carbocycles. The van der Waals surface area contributed by atoms with Gasteiger partial charge in [-0.3, -0.25) is 39.8 Å². The molecule has 0 spiro atoms. The number of hydrogen-bond donors (Lipinski definition) is 3. The van der Waals surface area contributed by atoms with Crippen LogP contribution in [0, 0.1) is 49.3 Å². The molecule has 26 heteroatoms. The number of nitrogens with two attached hydrogens (primary N) is 1. The van der Waals surface area contributed by atoms with Gasteiger partial charge in [-0.05, 0) is 156 Å². The number of likely N-dealkylation sites (tertiary alicyclic amines) is 4. The normalized spacial score (nSPS) is 20.2. The first-order valence-corrected chi connectivity index (χ1v) is 35.7. The summed E-state index contributed by atoms with van der Waals surface area (Å²) in [5.41, 5.74) is 3.36. The Bertz CT molecular complexity index is 3900. The fourth-order valence-electron chi connectivity index (χ4n) is 12.2. The van der Waals surface area contributed by atoms with Crippen LogP contribution in [0.5, 0.6) is 40.2 Å². The van der Waals surface area contributed by atoms with Crippen molar-refractivity contribution in [3.8, 4) is 40.2 Å². The van der Waals surface area contributed by atoms with Gasteiger partial charge in [-0.25, -0.2) is 17.6 Å². The standard InChI is InChI=1S/C19H21FN2O4.C19H23FN2O2.C19H22FNO2.C13H19NO2.C6H3F2NO2.C4H8O.CH4O/c1-19(26-18-8-7-15(20)13-17(18)22(23)24)9-10-21(14-19)11-12-25-16-5-3-2-4-6-16;1-19(24-18-8-7-15(20)13-17(18)21)9-10-22(14-19)11-12-23-16-5-3-2-4-6-16;1-19(23-18-9-7-16(20)8-10-18)11-12-21(15-19)13-14-22-17-5-3-2-4-6-17;1-13(15)7-8-14(11-13)9-10-16-12-5-3-2-4-6-12;7-4-1-2-5(8)6(3-4)9(10)11;1-2-4-5-3-1;1-2/h2-8,13H,9-12,14H2,1H3;2-8,13H,9-12,14,21H2,1H3;2-10H,11-15H2,1H3;2-6,15H,7-11H2,1H3;1-3H;1-4H2;2H,1H3. The van der Waals surface area contributed by atoms with Crippen LogP contribution in [0.15, 0.2) is 200 Å². The summed E-state index contributed by atoms with van der Waals surface area (Å²) in [7, 11) is 1.00. The number of aliphatic hydroxyl groups is 2. The number of β-amino-alcohol motifs (C(OH)–C–C–N with tert-alkyl or cyclic N) is 1. The maximum Gasteiger partial charge on any atom is 0.313 e. The minimum Gasteiger partial charge on any atom is -0.492 e.